The van der Waals surface area contributed by atoms with Crippen molar-refractivity contribution in [2.75, 3.05) is 0 Å². The average Bonchev–Trinajstić information content (AvgIpc) is 2.76. The topological polar surface area (TPSA) is 89.0 Å². The van der Waals surface area contributed by atoms with Crippen molar-refractivity contribution in [2.24, 2.45) is 7.05 Å². The van der Waals surface area contributed by atoms with Crippen molar-refractivity contribution in [3.8, 4) is 0 Å². The zero-order valence-electron chi connectivity index (χ0n) is 8.15. The van der Waals surface area contributed by atoms with Crippen LogP contribution in [0.15, 0.2) is 18.6 Å². The molecular weight excluding hydrogens is 197 g/mol. The fourth-order valence-electron chi connectivity index (χ4n) is 1.23. The largest absolute Gasteiger partial charge is 0.491 e. The zero-order valence-corrected chi connectivity index (χ0v) is 8.15. The maximum absolute atomic E-state index is 8.88. The molecule has 0 spiro atoms. The van der Waals surface area contributed by atoms with Crippen LogP contribution >= 0.6 is 0 Å². The van der Waals surface area contributed by atoms with Crippen molar-refractivity contribution in [2.45, 2.75) is 6.54 Å². The van der Waals surface area contributed by atoms with Crippen LogP contribution in [0.3, 0.4) is 0 Å². The van der Waals surface area contributed by atoms with Crippen LogP contribution in [0.25, 0.3) is 0 Å². The predicted molar refractivity (Wildman–Crippen MR) is 52.2 cm³/mol. The van der Waals surface area contributed by atoms with Gasteiger partial charge in [0.25, 0.3) is 0 Å². The van der Waals surface area contributed by atoms with Gasteiger partial charge in [0.05, 0.1) is 6.54 Å². The molecule has 0 amide bonds. The van der Waals surface area contributed by atoms with Gasteiger partial charge in [-0.15, -0.1) is 5.10 Å². The van der Waals surface area contributed by atoms with Crippen LogP contribution in [0.4, 0.5) is 0 Å². The van der Waals surface area contributed by atoms with E-state index in [9.17, 15) is 0 Å². The van der Waals surface area contributed by atoms with Gasteiger partial charge in [-0.25, -0.2) is 0 Å². The molecule has 2 N–H and O–H groups in total. The summed E-state index contributed by atoms with van der Waals surface area (Å²) < 4.78 is 3.17. The summed E-state index contributed by atoms with van der Waals surface area (Å²) in [6.07, 6.45) is 4.73. The van der Waals surface area contributed by atoms with Gasteiger partial charge in [0.15, 0.2) is 0 Å². The van der Waals surface area contributed by atoms with E-state index in [-0.39, 0.29) is 0 Å². The van der Waals surface area contributed by atoms with E-state index in [1.165, 1.54) is 6.20 Å². The highest BCUT2D eigenvalue weighted by atomic mass is 16.4. The van der Waals surface area contributed by atoms with Gasteiger partial charge in [0.2, 0.25) is 0 Å². The van der Waals surface area contributed by atoms with Gasteiger partial charge < -0.3 is 10.0 Å². The lowest BCUT2D eigenvalue weighted by Gasteiger charge is -1.95. The van der Waals surface area contributed by atoms with Gasteiger partial charge in [-0.3, -0.25) is 9.36 Å². The van der Waals surface area contributed by atoms with Crippen LogP contribution in [-0.4, -0.2) is 41.9 Å². The third-order valence-corrected chi connectivity index (χ3v) is 1.93. The highest BCUT2D eigenvalue weighted by molar-refractivity contribution is 6.58. The summed E-state index contributed by atoms with van der Waals surface area (Å²) in [4.78, 5) is 0. The Kier molecular flexibility index (Phi) is 2.52. The molecule has 2 rings (SSSR count). The van der Waals surface area contributed by atoms with E-state index >= 15 is 0 Å². The Morgan fingerprint density at radius 1 is 1.40 bits per heavy atom. The molecule has 2 heterocycles. The Labute approximate surface area is 86.1 Å². The van der Waals surface area contributed by atoms with Crippen molar-refractivity contribution >= 4 is 12.6 Å². The second kappa shape index (κ2) is 3.83. The number of aromatic nitrogens is 5. The minimum Gasteiger partial charge on any atom is -0.423 e. The molecular formula is C7H10BN5O2. The third-order valence-electron chi connectivity index (χ3n) is 1.93. The van der Waals surface area contributed by atoms with Gasteiger partial charge in [-0.2, -0.15) is 5.10 Å². The average molecular weight is 207 g/mol. The Hall–Kier alpha value is -1.67. The SMILES string of the molecule is Cn1cc(Cn2cc(B(O)O)cn2)nn1. The van der Waals surface area contributed by atoms with Gasteiger partial charge in [0.1, 0.15) is 5.69 Å². The minimum absolute atomic E-state index is 0.360. The Balaban J connectivity index is 2.11. The molecule has 0 fully saturated rings. The Bertz CT molecular complexity index is 452. The number of hydrogen-bond donors (Lipinski definition) is 2. The van der Waals surface area contributed by atoms with Gasteiger partial charge in [0, 0.05) is 31.1 Å². The maximum Gasteiger partial charge on any atom is 0.491 e. The number of aryl methyl sites for hydroxylation is 1. The van der Waals surface area contributed by atoms with E-state index in [0.29, 0.717) is 12.0 Å². The van der Waals surface area contributed by atoms with Crippen molar-refractivity contribution in [1.29, 1.82) is 0 Å². The second-order valence-corrected chi connectivity index (χ2v) is 3.23. The van der Waals surface area contributed by atoms with Gasteiger partial charge in [-0.1, -0.05) is 5.21 Å². The molecule has 0 aliphatic carbocycles. The predicted octanol–water partition coefficient (Wildman–Crippen LogP) is -2.26. The van der Waals surface area contributed by atoms with Crippen LogP contribution in [0, 0.1) is 0 Å². The van der Waals surface area contributed by atoms with E-state index in [0.717, 1.165) is 5.69 Å². The van der Waals surface area contributed by atoms with Crippen molar-refractivity contribution < 1.29 is 10.0 Å². The molecule has 0 aromatic carbocycles. The van der Waals surface area contributed by atoms with Crippen LogP contribution in [0.2, 0.25) is 0 Å². The molecule has 0 atom stereocenters. The first-order chi connectivity index (χ1) is 7.15. The summed E-state index contributed by atoms with van der Waals surface area (Å²) in [6, 6.07) is 0. The quantitative estimate of drug-likeness (QED) is 0.554. The first-order valence-electron chi connectivity index (χ1n) is 4.39. The first-order valence-corrected chi connectivity index (χ1v) is 4.39. The lowest BCUT2D eigenvalue weighted by Crippen LogP contribution is -2.28. The summed E-state index contributed by atoms with van der Waals surface area (Å²) in [7, 11) is 0.295. The summed E-state index contributed by atoms with van der Waals surface area (Å²) in [5.74, 6) is 0. The molecule has 2 aromatic rings. The highest BCUT2D eigenvalue weighted by Gasteiger charge is 2.13. The molecule has 7 nitrogen and oxygen atoms in total. The standard InChI is InChI=1S/C7H10BN5O2/c1-12-4-7(10-11-12)5-13-3-6(2-9-13)8(14)15/h2-4,14-15H,5H2,1H3. The van der Waals surface area contributed by atoms with Crippen LogP contribution in [0.1, 0.15) is 5.69 Å². The van der Waals surface area contributed by atoms with Crippen LogP contribution in [0.5, 0.6) is 0 Å². The van der Waals surface area contributed by atoms with E-state index in [1.54, 1.807) is 28.8 Å². The molecule has 0 aliphatic heterocycles. The summed E-state index contributed by atoms with van der Waals surface area (Å²) in [5, 5.41) is 29.4. The molecule has 0 saturated heterocycles. The molecule has 0 saturated carbocycles. The van der Waals surface area contributed by atoms with E-state index < -0.39 is 7.12 Å². The molecule has 0 unspecified atom stereocenters. The molecule has 15 heavy (non-hydrogen) atoms. The normalized spacial score (nSPS) is 10.6. The molecule has 8 heteroatoms. The van der Waals surface area contributed by atoms with E-state index in [4.69, 9.17) is 10.0 Å². The zero-order chi connectivity index (χ0) is 10.8. The molecule has 0 bridgehead atoms. The summed E-state index contributed by atoms with van der Waals surface area (Å²) in [5.41, 5.74) is 1.12. The lowest BCUT2D eigenvalue weighted by atomic mass is 9.83. The number of hydrogen-bond acceptors (Lipinski definition) is 5. The minimum atomic E-state index is -1.49. The summed E-state index contributed by atoms with van der Waals surface area (Å²) >= 11 is 0. The van der Waals surface area contributed by atoms with E-state index in [2.05, 4.69) is 15.4 Å². The highest BCUT2D eigenvalue weighted by Crippen LogP contribution is 1.94. The maximum atomic E-state index is 8.88. The van der Waals surface area contributed by atoms with E-state index in [1.807, 2.05) is 0 Å². The van der Waals surface area contributed by atoms with Crippen LogP contribution in [-0.2, 0) is 13.6 Å². The van der Waals surface area contributed by atoms with Crippen molar-refractivity contribution in [1.82, 2.24) is 24.8 Å². The van der Waals surface area contributed by atoms with Crippen molar-refractivity contribution in [3.05, 3.63) is 24.3 Å². The monoisotopic (exact) mass is 207 g/mol. The Morgan fingerprint density at radius 3 is 2.73 bits per heavy atom. The molecule has 78 valence electrons. The Morgan fingerprint density at radius 2 is 2.20 bits per heavy atom. The fourth-order valence-corrected chi connectivity index (χ4v) is 1.23. The smallest absolute Gasteiger partial charge is 0.423 e. The lowest BCUT2D eigenvalue weighted by molar-refractivity contribution is 0.425. The molecule has 0 radical (unpaired) electrons. The second-order valence-electron chi connectivity index (χ2n) is 3.23. The van der Waals surface area contributed by atoms with Gasteiger partial charge in [-0.05, 0) is 0 Å². The summed E-state index contributed by atoms with van der Waals surface area (Å²) in [6.45, 7) is 0.459. The third kappa shape index (κ3) is 2.22. The number of nitrogens with zero attached hydrogens (tertiary/aromatic N) is 5. The van der Waals surface area contributed by atoms with Gasteiger partial charge >= 0.3 is 7.12 Å². The molecule has 0 aliphatic rings. The van der Waals surface area contributed by atoms with Crippen LogP contribution < -0.4 is 5.46 Å². The van der Waals surface area contributed by atoms with Crippen molar-refractivity contribution in [3.63, 3.8) is 0 Å². The number of rotatable bonds is 3. The molecule has 2 aromatic heterocycles. The fraction of sp³-hybridized carbons (Fsp3) is 0.286. The first kappa shape index (κ1) is 9.87.